The van der Waals surface area contributed by atoms with E-state index in [1.165, 1.54) is 30.0 Å². The van der Waals surface area contributed by atoms with Gasteiger partial charge >= 0.3 is 5.69 Å². The number of ether oxygens (including phenoxy) is 1. The number of amides is 1. The van der Waals surface area contributed by atoms with Crippen LogP contribution in [0.5, 0.6) is 11.5 Å². The van der Waals surface area contributed by atoms with Crippen LogP contribution >= 0.6 is 11.8 Å². The highest BCUT2D eigenvalue weighted by atomic mass is 32.2. The summed E-state index contributed by atoms with van der Waals surface area (Å²) in [6.45, 7) is 0.399. The highest BCUT2D eigenvalue weighted by Crippen LogP contribution is 2.36. The number of fused-ring (bicyclic) bond motifs is 1. The van der Waals surface area contributed by atoms with Gasteiger partial charge in [0.15, 0.2) is 10.9 Å². The normalized spacial score (nSPS) is 15.7. The van der Waals surface area contributed by atoms with Crippen molar-refractivity contribution in [2.24, 2.45) is 4.99 Å². The molecule has 10 heteroatoms. The van der Waals surface area contributed by atoms with Crippen LogP contribution in [0.15, 0.2) is 82.8 Å². The predicted octanol–water partition coefficient (Wildman–Crippen LogP) is 5.64. The molecule has 1 amide bonds. The smallest absolute Gasteiger partial charge is 0.311 e. The fourth-order valence-corrected chi connectivity index (χ4v) is 5.08. The molecule has 37 heavy (non-hydrogen) atoms. The average molecular weight is 515 g/mol. The minimum atomic E-state index is -0.662. The Balaban J connectivity index is 1.47. The van der Waals surface area contributed by atoms with Crippen LogP contribution < -0.4 is 4.74 Å². The number of carbonyl (C=O) groups is 1. The number of aromatic hydroxyl groups is 1. The van der Waals surface area contributed by atoms with E-state index in [9.17, 15) is 20.0 Å². The van der Waals surface area contributed by atoms with E-state index in [0.717, 1.165) is 16.5 Å². The molecular formula is C27H22N4O5S. The Hall–Kier alpha value is -4.57. The minimum Gasteiger partial charge on any atom is -0.502 e. The van der Waals surface area contributed by atoms with Crippen molar-refractivity contribution in [1.29, 1.82) is 0 Å². The second kappa shape index (κ2) is 10.2. The first-order valence-corrected chi connectivity index (χ1v) is 12.2. The highest BCUT2D eigenvalue weighted by molar-refractivity contribution is 8.18. The lowest BCUT2D eigenvalue weighted by atomic mass is 10.1. The first kappa shape index (κ1) is 24.1. The molecule has 0 bridgehead atoms. The van der Waals surface area contributed by atoms with Gasteiger partial charge in [0.1, 0.15) is 5.75 Å². The fraction of sp³-hybridized carbons (Fsp3) is 0.111. The first-order chi connectivity index (χ1) is 17.9. The van der Waals surface area contributed by atoms with Crippen molar-refractivity contribution >= 4 is 51.2 Å². The van der Waals surface area contributed by atoms with Crippen LogP contribution in [0.4, 0.5) is 11.4 Å². The second-order valence-corrected chi connectivity index (χ2v) is 9.28. The van der Waals surface area contributed by atoms with Gasteiger partial charge in [0.05, 0.1) is 22.6 Å². The minimum absolute atomic E-state index is 0.243. The third-order valence-electron chi connectivity index (χ3n) is 5.96. The van der Waals surface area contributed by atoms with E-state index in [2.05, 4.69) is 4.98 Å². The molecule has 3 aromatic carbocycles. The number of H-pyrrole nitrogens is 1. The van der Waals surface area contributed by atoms with Gasteiger partial charge in [-0.1, -0.05) is 24.3 Å². The van der Waals surface area contributed by atoms with E-state index >= 15 is 0 Å². The van der Waals surface area contributed by atoms with Gasteiger partial charge in [-0.05, 0) is 71.8 Å². The van der Waals surface area contributed by atoms with Crippen molar-refractivity contribution in [3.05, 3.63) is 99.1 Å². The molecule has 4 aromatic rings. The zero-order valence-electron chi connectivity index (χ0n) is 19.7. The maximum absolute atomic E-state index is 13.5. The van der Waals surface area contributed by atoms with Crippen LogP contribution in [0, 0.1) is 10.1 Å². The van der Waals surface area contributed by atoms with Gasteiger partial charge in [0, 0.05) is 29.7 Å². The van der Waals surface area contributed by atoms with Gasteiger partial charge < -0.3 is 14.8 Å². The van der Waals surface area contributed by atoms with Crippen LogP contribution in [0.25, 0.3) is 17.0 Å². The SMILES string of the molecule is COc1ccc(N=C2S/C(=C\c3ccc(O)c([N+](=O)[O-])c3)C(=O)N2CCc2c[nH]c3ccccc23)cc1. The number of aromatic amines is 1. The first-order valence-electron chi connectivity index (χ1n) is 11.4. The summed E-state index contributed by atoms with van der Waals surface area (Å²) in [4.78, 5) is 34.0. The molecule has 2 heterocycles. The maximum Gasteiger partial charge on any atom is 0.311 e. The highest BCUT2D eigenvalue weighted by Gasteiger charge is 2.33. The van der Waals surface area contributed by atoms with Gasteiger partial charge in [-0.3, -0.25) is 19.8 Å². The van der Waals surface area contributed by atoms with Crippen LogP contribution in [0.2, 0.25) is 0 Å². The zero-order valence-corrected chi connectivity index (χ0v) is 20.6. The van der Waals surface area contributed by atoms with Gasteiger partial charge in [0.2, 0.25) is 0 Å². The quantitative estimate of drug-likeness (QED) is 0.187. The van der Waals surface area contributed by atoms with E-state index in [-0.39, 0.29) is 5.91 Å². The Morgan fingerprint density at radius 2 is 1.95 bits per heavy atom. The number of amidine groups is 1. The number of hydrogen-bond acceptors (Lipinski definition) is 7. The van der Waals surface area contributed by atoms with Gasteiger partial charge in [-0.2, -0.15) is 0 Å². The summed E-state index contributed by atoms with van der Waals surface area (Å²) in [5.74, 6) is 0.0253. The lowest BCUT2D eigenvalue weighted by Crippen LogP contribution is -2.31. The molecule has 1 aromatic heterocycles. The Morgan fingerprint density at radius 1 is 1.16 bits per heavy atom. The van der Waals surface area contributed by atoms with E-state index in [1.807, 2.05) is 30.5 Å². The molecule has 0 spiro atoms. The Bertz CT molecular complexity index is 1560. The number of rotatable bonds is 7. The molecule has 1 fully saturated rings. The number of para-hydroxylation sites is 1. The predicted molar refractivity (Wildman–Crippen MR) is 144 cm³/mol. The molecule has 0 atom stereocenters. The number of carbonyl (C=O) groups excluding carboxylic acids is 1. The number of benzene rings is 3. The fourth-order valence-electron chi connectivity index (χ4n) is 4.05. The molecule has 1 saturated heterocycles. The molecule has 9 nitrogen and oxygen atoms in total. The summed E-state index contributed by atoms with van der Waals surface area (Å²) >= 11 is 1.20. The number of nitro benzene ring substituents is 1. The number of aliphatic imine (C=N–C) groups is 1. The molecule has 1 aliphatic rings. The molecule has 5 rings (SSSR count). The van der Waals surface area contributed by atoms with Gasteiger partial charge in [-0.15, -0.1) is 0 Å². The number of phenolic OH excluding ortho intramolecular Hbond substituents is 1. The summed E-state index contributed by atoms with van der Waals surface area (Å²) < 4.78 is 5.21. The van der Waals surface area contributed by atoms with Crippen molar-refractivity contribution in [1.82, 2.24) is 9.88 Å². The summed E-state index contributed by atoms with van der Waals surface area (Å²) in [6.07, 6.45) is 4.13. The summed E-state index contributed by atoms with van der Waals surface area (Å²) in [6, 6.07) is 19.2. The number of thioether (sulfide) groups is 1. The Labute approximate surface area is 216 Å². The van der Waals surface area contributed by atoms with Crippen molar-refractivity contribution in [3.8, 4) is 11.5 Å². The van der Waals surface area contributed by atoms with E-state index < -0.39 is 16.4 Å². The number of aromatic nitrogens is 1. The van der Waals surface area contributed by atoms with Crippen molar-refractivity contribution in [2.45, 2.75) is 6.42 Å². The second-order valence-electron chi connectivity index (χ2n) is 8.27. The third-order valence-corrected chi connectivity index (χ3v) is 6.97. The summed E-state index contributed by atoms with van der Waals surface area (Å²) in [5, 5.41) is 22.6. The number of hydrogen-bond donors (Lipinski definition) is 2. The molecule has 0 radical (unpaired) electrons. The molecule has 186 valence electrons. The molecule has 2 N–H and O–H groups in total. The van der Waals surface area contributed by atoms with Crippen LogP contribution in [0.1, 0.15) is 11.1 Å². The molecular weight excluding hydrogens is 492 g/mol. The number of nitrogens with one attached hydrogen (secondary N) is 1. The van der Waals surface area contributed by atoms with E-state index in [1.54, 1.807) is 42.4 Å². The lowest BCUT2D eigenvalue weighted by Gasteiger charge is -2.15. The molecule has 0 saturated carbocycles. The number of nitrogens with zero attached hydrogens (tertiary/aromatic N) is 3. The molecule has 0 unspecified atom stereocenters. The Morgan fingerprint density at radius 3 is 2.70 bits per heavy atom. The zero-order chi connectivity index (χ0) is 25.9. The standard InChI is InChI=1S/C27H22N4O5S/c1-36-20-9-7-19(8-10-20)29-27-30(13-12-18-16-28-22-5-3-2-4-21(18)22)26(33)25(37-27)15-17-6-11-24(32)23(14-17)31(34)35/h2-11,14-16,28,32H,12-13H2,1H3/b25-15-,29-27?. The van der Waals surface area contributed by atoms with Crippen molar-refractivity contribution in [2.75, 3.05) is 13.7 Å². The summed E-state index contributed by atoms with van der Waals surface area (Å²) in [5.41, 5.74) is 2.79. The topological polar surface area (TPSA) is 121 Å². The summed E-state index contributed by atoms with van der Waals surface area (Å²) in [7, 11) is 1.59. The maximum atomic E-state index is 13.5. The number of nitro groups is 1. The van der Waals surface area contributed by atoms with Gasteiger partial charge in [-0.25, -0.2) is 4.99 Å². The Kier molecular flexibility index (Phi) is 6.65. The number of methoxy groups -OCH3 is 1. The van der Waals surface area contributed by atoms with Crippen molar-refractivity contribution < 1.29 is 19.6 Å². The number of phenols is 1. The third kappa shape index (κ3) is 5.05. The van der Waals surface area contributed by atoms with Crippen LogP contribution in [-0.4, -0.2) is 44.6 Å². The average Bonchev–Trinajstić information content (AvgIpc) is 3.44. The monoisotopic (exact) mass is 514 g/mol. The lowest BCUT2D eigenvalue weighted by molar-refractivity contribution is -0.385. The molecule has 0 aliphatic carbocycles. The van der Waals surface area contributed by atoms with Crippen molar-refractivity contribution in [3.63, 3.8) is 0 Å². The largest absolute Gasteiger partial charge is 0.502 e. The molecule has 1 aliphatic heterocycles. The van der Waals surface area contributed by atoms with Gasteiger partial charge in [0.25, 0.3) is 5.91 Å². The van der Waals surface area contributed by atoms with Crippen LogP contribution in [-0.2, 0) is 11.2 Å². The van der Waals surface area contributed by atoms with Crippen LogP contribution in [0.3, 0.4) is 0 Å². The van der Waals surface area contributed by atoms with E-state index in [0.29, 0.717) is 40.0 Å². The van der Waals surface area contributed by atoms with E-state index in [4.69, 9.17) is 9.73 Å².